The third-order valence-electron chi connectivity index (χ3n) is 2.91. The molecule has 0 fully saturated rings. The fraction of sp³-hybridized carbons (Fsp3) is 0.357. The number of nitrogens with one attached hydrogen (secondary N) is 1. The van der Waals surface area contributed by atoms with Crippen molar-refractivity contribution in [2.75, 3.05) is 5.32 Å². The Morgan fingerprint density at radius 3 is 2.42 bits per heavy atom. The van der Waals surface area contributed by atoms with Crippen molar-refractivity contribution < 1.29 is 14.4 Å². The topological polar surface area (TPSA) is 89.3 Å². The second kappa shape index (κ2) is 6.68. The predicted octanol–water partition coefficient (Wildman–Crippen LogP) is 1.58. The average Bonchev–Trinajstić information content (AvgIpc) is 2.35. The first-order valence-corrected chi connectivity index (χ1v) is 6.14. The molecular formula is C14H18N2O3. The summed E-state index contributed by atoms with van der Waals surface area (Å²) in [5, 5.41) is 2.72. The zero-order valence-electron chi connectivity index (χ0n) is 11.1. The quantitative estimate of drug-likeness (QED) is 0.763. The Morgan fingerprint density at radius 2 is 1.89 bits per heavy atom. The van der Waals surface area contributed by atoms with Crippen molar-refractivity contribution in [2.45, 2.75) is 32.6 Å². The van der Waals surface area contributed by atoms with Crippen molar-refractivity contribution in [3.05, 3.63) is 29.8 Å². The highest BCUT2D eigenvalue weighted by Gasteiger charge is 2.20. The van der Waals surface area contributed by atoms with E-state index in [2.05, 4.69) is 5.32 Å². The van der Waals surface area contributed by atoms with Crippen LogP contribution in [0.25, 0.3) is 0 Å². The molecule has 0 bridgehead atoms. The van der Waals surface area contributed by atoms with E-state index in [1.807, 2.05) is 19.1 Å². The number of hydrogen-bond acceptors (Lipinski definition) is 3. The smallest absolute Gasteiger partial charge is 0.284 e. The number of amides is 2. The van der Waals surface area contributed by atoms with Gasteiger partial charge in [-0.05, 0) is 24.0 Å². The molecular weight excluding hydrogens is 244 g/mol. The zero-order valence-corrected chi connectivity index (χ0v) is 11.1. The highest BCUT2D eigenvalue weighted by molar-refractivity contribution is 6.35. The van der Waals surface area contributed by atoms with Gasteiger partial charge >= 0.3 is 0 Å². The summed E-state index contributed by atoms with van der Waals surface area (Å²) in [6.07, 6.45) is 0.734. The molecule has 1 aromatic rings. The Hall–Kier alpha value is -2.17. The zero-order chi connectivity index (χ0) is 14.4. The number of carbonyl (C=O) groups is 3. The Labute approximate surface area is 112 Å². The summed E-state index contributed by atoms with van der Waals surface area (Å²) >= 11 is 0. The average molecular weight is 262 g/mol. The van der Waals surface area contributed by atoms with Crippen LogP contribution in [0, 0.1) is 0 Å². The second-order valence-electron chi connectivity index (χ2n) is 4.37. The van der Waals surface area contributed by atoms with Gasteiger partial charge in [0.25, 0.3) is 5.91 Å². The number of nitrogens with two attached hydrogens (primary N) is 1. The fourth-order valence-corrected chi connectivity index (χ4v) is 1.96. The van der Waals surface area contributed by atoms with Gasteiger partial charge in [-0.25, -0.2) is 0 Å². The van der Waals surface area contributed by atoms with E-state index in [1.165, 1.54) is 6.92 Å². The molecule has 5 nitrogen and oxygen atoms in total. The lowest BCUT2D eigenvalue weighted by Gasteiger charge is -2.18. The summed E-state index contributed by atoms with van der Waals surface area (Å²) in [6, 6.07) is 7.25. The number of primary amides is 1. The van der Waals surface area contributed by atoms with Crippen molar-refractivity contribution in [2.24, 2.45) is 5.73 Å². The fourth-order valence-electron chi connectivity index (χ4n) is 1.96. The number of ketones is 1. The Balaban J connectivity index is 3.00. The van der Waals surface area contributed by atoms with Crippen LogP contribution in [-0.2, 0) is 14.4 Å². The van der Waals surface area contributed by atoms with Crippen LogP contribution in [0.1, 0.15) is 38.2 Å². The molecule has 1 unspecified atom stereocenters. The van der Waals surface area contributed by atoms with E-state index in [4.69, 9.17) is 5.73 Å². The van der Waals surface area contributed by atoms with Crippen molar-refractivity contribution in [1.29, 1.82) is 0 Å². The Morgan fingerprint density at radius 1 is 1.26 bits per heavy atom. The van der Waals surface area contributed by atoms with Crippen molar-refractivity contribution in [3.8, 4) is 0 Å². The molecule has 0 aromatic heterocycles. The summed E-state index contributed by atoms with van der Waals surface area (Å²) in [7, 11) is 0. The Kier molecular flexibility index (Phi) is 5.23. The first-order chi connectivity index (χ1) is 8.95. The van der Waals surface area contributed by atoms with E-state index >= 15 is 0 Å². The summed E-state index contributed by atoms with van der Waals surface area (Å²) < 4.78 is 0. The second-order valence-corrected chi connectivity index (χ2v) is 4.37. The van der Waals surface area contributed by atoms with Gasteiger partial charge in [-0.15, -0.1) is 0 Å². The van der Waals surface area contributed by atoms with Crippen LogP contribution in [0.15, 0.2) is 24.3 Å². The van der Waals surface area contributed by atoms with Crippen molar-refractivity contribution >= 4 is 23.3 Å². The molecule has 19 heavy (non-hydrogen) atoms. The minimum atomic E-state index is -0.921. The lowest BCUT2D eigenvalue weighted by Crippen LogP contribution is -2.25. The first kappa shape index (κ1) is 14.9. The molecule has 0 saturated carbocycles. The summed E-state index contributed by atoms with van der Waals surface area (Å²) in [5.41, 5.74) is 6.49. The maximum atomic E-state index is 11.5. The molecule has 1 rings (SSSR count). The molecule has 102 valence electrons. The number of benzene rings is 1. The van der Waals surface area contributed by atoms with Crippen LogP contribution in [0.2, 0.25) is 0 Å². The molecule has 0 heterocycles. The minimum absolute atomic E-state index is 0.0580. The van der Waals surface area contributed by atoms with E-state index < -0.39 is 11.7 Å². The predicted molar refractivity (Wildman–Crippen MR) is 72.6 cm³/mol. The van der Waals surface area contributed by atoms with Crippen molar-refractivity contribution in [1.82, 2.24) is 0 Å². The number of Topliss-reactive ketones (excluding diaryl/α,β-unsaturated/α-hetero) is 1. The third-order valence-corrected chi connectivity index (χ3v) is 2.91. The number of carbonyl (C=O) groups excluding carboxylic acids is 3. The van der Waals surface area contributed by atoms with Crippen LogP contribution in [-0.4, -0.2) is 17.6 Å². The number of rotatable bonds is 6. The van der Waals surface area contributed by atoms with E-state index in [1.54, 1.807) is 12.1 Å². The first-order valence-electron chi connectivity index (χ1n) is 6.14. The van der Waals surface area contributed by atoms with E-state index in [0.717, 1.165) is 5.56 Å². The highest BCUT2D eigenvalue weighted by atomic mass is 16.2. The third kappa shape index (κ3) is 4.21. The molecule has 0 aliphatic carbocycles. The minimum Gasteiger partial charge on any atom is -0.363 e. The molecule has 0 aliphatic heterocycles. The van der Waals surface area contributed by atoms with Crippen LogP contribution in [0.3, 0.4) is 0 Å². The van der Waals surface area contributed by atoms with E-state index in [-0.39, 0.29) is 18.2 Å². The van der Waals surface area contributed by atoms with Gasteiger partial charge in [-0.1, -0.05) is 25.1 Å². The molecule has 0 radical (unpaired) electrons. The molecule has 3 N–H and O–H groups in total. The van der Waals surface area contributed by atoms with Gasteiger partial charge in [0.05, 0.1) is 0 Å². The normalized spacial score (nSPS) is 11.7. The molecule has 1 aromatic carbocycles. The monoisotopic (exact) mass is 262 g/mol. The SMILES string of the molecule is CCC(CC(=O)C(N)=O)c1ccccc1NC(C)=O. The van der Waals surface area contributed by atoms with Gasteiger partial charge in [-0.2, -0.15) is 0 Å². The van der Waals surface area contributed by atoms with Gasteiger partial charge in [0.2, 0.25) is 11.7 Å². The standard InChI is InChI=1S/C14H18N2O3/c1-3-10(8-13(18)14(15)19)11-6-4-5-7-12(11)16-9(2)17/h4-7,10H,3,8H2,1-2H3,(H2,15,19)(H,16,17). The molecule has 0 spiro atoms. The molecule has 2 amide bonds. The summed E-state index contributed by atoms with van der Waals surface area (Å²) in [6.45, 7) is 3.34. The van der Waals surface area contributed by atoms with E-state index in [0.29, 0.717) is 12.1 Å². The molecule has 0 saturated heterocycles. The van der Waals surface area contributed by atoms with Crippen LogP contribution in [0.4, 0.5) is 5.69 Å². The highest BCUT2D eigenvalue weighted by Crippen LogP contribution is 2.29. The number of anilines is 1. The molecule has 1 atom stereocenters. The van der Waals surface area contributed by atoms with Gasteiger partial charge in [0.1, 0.15) is 0 Å². The lowest BCUT2D eigenvalue weighted by atomic mass is 9.90. The molecule has 0 aliphatic rings. The maximum absolute atomic E-state index is 11.5. The molecule has 5 heteroatoms. The summed E-state index contributed by atoms with van der Waals surface area (Å²) in [5.74, 6) is -1.83. The lowest BCUT2D eigenvalue weighted by molar-refractivity contribution is -0.136. The van der Waals surface area contributed by atoms with Crippen LogP contribution in [0.5, 0.6) is 0 Å². The van der Waals surface area contributed by atoms with Gasteiger partial charge < -0.3 is 11.1 Å². The van der Waals surface area contributed by atoms with Gasteiger partial charge in [-0.3, -0.25) is 14.4 Å². The van der Waals surface area contributed by atoms with Gasteiger partial charge in [0.15, 0.2) is 0 Å². The van der Waals surface area contributed by atoms with Gasteiger partial charge in [0, 0.05) is 19.0 Å². The van der Waals surface area contributed by atoms with Crippen LogP contribution < -0.4 is 11.1 Å². The Bertz CT molecular complexity index is 497. The number of para-hydroxylation sites is 1. The van der Waals surface area contributed by atoms with E-state index in [9.17, 15) is 14.4 Å². The largest absolute Gasteiger partial charge is 0.363 e. The summed E-state index contributed by atoms with van der Waals surface area (Å²) in [4.78, 5) is 33.5. The number of hydrogen-bond donors (Lipinski definition) is 2. The maximum Gasteiger partial charge on any atom is 0.284 e. The van der Waals surface area contributed by atoms with Crippen LogP contribution >= 0.6 is 0 Å². The van der Waals surface area contributed by atoms with Crippen molar-refractivity contribution in [3.63, 3.8) is 0 Å².